The van der Waals surface area contributed by atoms with Crippen LogP contribution < -0.4 is 5.32 Å². The first kappa shape index (κ1) is 14.0. The molecule has 0 bridgehead atoms. The summed E-state index contributed by atoms with van der Waals surface area (Å²) in [6.45, 7) is 4.13. The lowest BCUT2D eigenvalue weighted by Crippen LogP contribution is -2.22. The molecule has 1 aliphatic carbocycles. The highest BCUT2D eigenvalue weighted by molar-refractivity contribution is 7.92. The maximum absolute atomic E-state index is 11.9. The van der Waals surface area contributed by atoms with E-state index in [1.165, 1.54) is 0 Å². The predicted octanol–water partition coefficient (Wildman–Crippen LogP) is 2.12. The summed E-state index contributed by atoms with van der Waals surface area (Å²) in [5, 5.41) is 3.28. The van der Waals surface area contributed by atoms with Crippen molar-refractivity contribution in [3.8, 4) is 0 Å². The fourth-order valence-corrected chi connectivity index (χ4v) is 4.26. The number of hydrogen-bond donors (Lipinski definition) is 1. The molecular weight excluding hydrogens is 222 g/mol. The second-order valence-electron chi connectivity index (χ2n) is 4.73. The average Bonchev–Trinajstić information content (AvgIpc) is 2.77. The van der Waals surface area contributed by atoms with Crippen LogP contribution in [0.25, 0.3) is 0 Å². The first-order chi connectivity index (χ1) is 7.67. The van der Waals surface area contributed by atoms with Crippen molar-refractivity contribution in [1.29, 1.82) is 0 Å². The molecule has 0 amide bonds. The second-order valence-corrected chi connectivity index (χ2v) is 7.13. The van der Waals surface area contributed by atoms with Gasteiger partial charge in [-0.05, 0) is 45.2 Å². The summed E-state index contributed by atoms with van der Waals surface area (Å²) >= 11 is 0. The van der Waals surface area contributed by atoms with Gasteiger partial charge < -0.3 is 5.32 Å². The third-order valence-electron chi connectivity index (χ3n) is 3.27. The smallest absolute Gasteiger partial charge is 0.153 e. The van der Waals surface area contributed by atoms with Gasteiger partial charge in [0.2, 0.25) is 0 Å². The Hall–Kier alpha value is -0.0900. The van der Waals surface area contributed by atoms with Gasteiger partial charge in [0.15, 0.2) is 9.84 Å². The molecule has 0 aromatic carbocycles. The van der Waals surface area contributed by atoms with Gasteiger partial charge in [-0.1, -0.05) is 19.8 Å². The monoisotopic (exact) mass is 247 g/mol. The number of sulfone groups is 1. The van der Waals surface area contributed by atoms with E-state index in [2.05, 4.69) is 12.2 Å². The minimum Gasteiger partial charge on any atom is -0.317 e. The molecule has 0 heterocycles. The van der Waals surface area contributed by atoms with Crippen LogP contribution in [-0.2, 0) is 9.84 Å². The van der Waals surface area contributed by atoms with Crippen LogP contribution in [-0.4, -0.2) is 32.5 Å². The van der Waals surface area contributed by atoms with Crippen LogP contribution in [0.2, 0.25) is 0 Å². The normalized spacial score (nSPS) is 18.1. The van der Waals surface area contributed by atoms with Gasteiger partial charge in [-0.2, -0.15) is 0 Å². The summed E-state index contributed by atoms with van der Waals surface area (Å²) in [6.07, 6.45) is 6.93. The summed E-state index contributed by atoms with van der Waals surface area (Å²) in [5.41, 5.74) is 0. The lowest BCUT2D eigenvalue weighted by molar-refractivity contribution is 0.571. The molecule has 3 nitrogen and oxygen atoms in total. The van der Waals surface area contributed by atoms with Crippen molar-refractivity contribution >= 4 is 9.84 Å². The molecule has 1 saturated carbocycles. The standard InChI is InChI=1S/C12H25NO2S/c1-2-9-13-10-5-6-11-16(14,15)12-7-3-4-8-12/h12-13H,2-11H2,1H3. The minimum atomic E-state index is -2.78. The second kappa shape index (κ2) is 7.28. The largest absolute Gasteiger partial charge is 0.317 e. The van der Waals surface area contributed by atoms with Gasteiger partial charge in [0.25, 0.3) is 0 Å². The minimum absolute atomic E-state index is 0.0175. The Kier molecular flexibility index (Phi) is 6.36. The van der Waals surface area contributed by atoms with Crippen LogP contribution in [0, 0.1) is 0 Å². The van der Waals surface area contributed by atoms with Gasteiger partial charge in [-0.25, -0.2) is 8.42 Å². The molecule has 1 rings (SSSR count). The lowest BCUT2D eigenvalue weighted by atomic mass is 10.3. The molecule has 1 aliphatic rings. The number of rotatable bonds is 8. The maximum atomic E-state index is 11.9. The zero-order valence-electron chi connectivity index (χ0n) is 10.4. The van der Waals surface area contributed by atoms with Crippen LogP contribution in [0.4, 0.5) is 0 Å². The van der Waals surface area contributed by atoms with Crippen LogP contribution in [0.15, 0.2) is 0 Å². The summed E-state index contributed by atoms with van der Waals surface area (Å²) in [7, 11) is -2.78. The molecule has 1 N–H and O–H groups in total. The Morgan fingerprint density at radius 3 is 2.44 bits per heavy atom. The number of unbranched alkanes of at least 4 members (excludes halogenated alkanes) is 1. The van der Waals surface area contributed by atoms with E-state index in [1.807, 2.05) is 0 Å². The molecular formula is C12H25NO2S. The van der Waals surface area contributed by atoms with Crippen molar-refractivity contribution < 1.29 is 8.42 Å². The summed E-state index contributed by atoms with van der Waals surface area (Å²) < 4.78 is 23.8. The first-order valence-corrected chi connectivity index (χ1v) is 8.30. The van der Waals surface area contributed by atoms with Gasteiger partial charge in [-0.3, -0.25) is 0 Å². The third kappa shape index (κ3) is 4.83. The highest BCUT2D eigenvalue weighted by atomic mass is 32.2. The summed E-state index contributed by atoms with van der Waals surface area (Å²) in [5.74, 6) is 0.394. The van der Waals surface area contributed by atoms with E-state index in [9.17, 15) is 8.42 Å². The molecule has 0 radical (unpaired) electrons. The third-order valence-corrected chi connectivity index (χ3v) is 5.61. The van der Waals surface area contributed by atoms with Crippen LogP contribution >= 0.6 is 0 Å². The van der Waals surface area contributed by atoms with Crippen molar-refractivity contribution in [3.05, 3.63) is 0 Å². The molecule has 0 atom stereocenters. The highest BCUT2D eigenvalue weighted by Crippen LogP contribution is 2.25. The fourth-order valence-electron chi connectivity index (χ4n) is 2.27. The molecule has 1 fully saturated rings. The van der Waals surface area contributed by atoms with Crippen molar-refractivity contribution in [1.82, 2.24) is 5.32 Å². The highest BCUT2D eigenvalue weighted by Gasteiger charge is 2.27. The topological polar surface area (TPSA) is 46.2 Å². The summed E-state index contributed by atoms with van der Waals surface area (Å²) in [4.78, 5) is 0. The first-order valence-electron chi connectivity index (χ1n) is 6.59. The molecule has 96 valence electrons. The molecule has 0 spiro atoms. The molecule has 4 heteroatoms. The SMILES string of the molecule is CCCNCCCCS(=O)(=O)C1CCCC1. The molecule has 0 saturated heterocycles. The van der Waals surface area contributed by atoms with Crippen molar-refractivity contribution in [3.63, 3.8) is 0 Å². The number of hydrogen-bond acceptors (Lipinski definition) is 3. The Bertz CT molecular complexity index is 269. The zero-order valence-corrected chi connectivity index (χ0v) is 11.2. The van der Waals surface area contributed by atoms with E-state index < -0.39 is 9.84 Å². The molecule has 0 aromatic rings. The van der Waals surface area contributed by atoms with Gasteiger partial charge in [0.05, 0.1) is 11.0 Å². The van der Waals surface area contributed by atoms with E-state index in [0.717, 1.165) is 58.0 Å². The van der Waals surface area contributed by atoms with E-state index in [4.69, 9.17) is 0 Å². The Balaban J connectivity index is 2.11. The van der Waals surface area contributed by atoms with E-state index >= 15 is 0 Å². The Morgan fingerprint density at radius 2 is 1.81 bits per heavy atom. The fraction of sp³-hybridized carbons (Fsp3) is 1.00. The van der Waals surface area contributed by atoms with Crippen molar-refractivity contribution in [2.24, 2.45) is 0 Å². The molecule has 16 heavy (non-hydrogen) atoms. The van der Waals surface area contributed by atoms with Crippen molar-refractivity contribution in [2.45, 2.75) is 57.1 Å². The van der Waals surface area contributed by atoms with Gasteiger partial charge in [0.1, 0.15) is 0 Å². The zero-order chi connectivity index (χ0) is 11.9. The van der Waals surface area contributed by atoms with Gasteiger partial charge in [0, 0.05) is 0 Å². The van der Waals surface area contributed by atoms with Crippen molar-refractivity contribution in [2.75, 3.05) is 18.8 Å². The number of nitrogens with one attached hydrogen (secondary N) is 1. The summed E-state index contributed by atoms with van der Waals surface area (Å²) in [6, 6.07) is 0. The van der Waals surface area contributed by atoms with E-state index in [-0.39, 0.29) is 5.25 Å². The molecule has 0 aliphatic heterocycles. The predicted molar refractivity (Wildman–Crippen MR) is 68.4 cm³/mol. The van der Waals surface area contributed by atoms with Crippen LogP contribution in [0.1, 0.15) is 51.9 Å². The van der Waals surface area contributed by atoms with Crippen LogP contribution in [0.3, 0.4) is 0 Å². The van der Waals surface area contributed by atoms with Crippen LogP contribution in [0.5, 0.6) is 0 Å². The van der Waals surface area contributed by atoms with E-state index in [1.54, 1.807) is 0 Å². The molecule has 0 unspecified atom stereocenters. The quantitative estimate of drug-likeness (QED) is 0.668. The van der Waals surface area contributed by atoms with Gasteiger partial charge >= 0.3 is 0 Å². The average molecular weight is 247 g/mol. The lowest BCUT2D eigenvalue weighted by Gasteiger charge is -2.10. The Labute approximate surface area is 99.9 Å². The van der Waals surface area contributed by atoms with Gasteiger partial charge in [-0.15, -0.1) is 0 Å². The molecule has 0 aromatic heterocycles. The van der Waals surface area contributed by atoms with E-state index in [0.29, 0.717) is 5.75 Å². The Morgan fingerprint density at radius 1 is 1.12 bits per heavy atom. The maximum Gasteiger partial charge on any atom is 0.153 e.